The van der Waals surface area contributed by atoms with Crippen molar-refractivity contribution in [2.75, 3.05) is 19.6 Å². The molecule has 0 radical (unpaired) electrons. The van der Waals surface area contributed by atoms with Crippen LogP contribution in [-0.2, 0) is 0 Å². The van der Waals surface area contributed by atoms with Crippen LogP contribution in [0.4, 0.5) is 0 Å². The monoisotopic (exact) mass is 335 g/mol. The average molecular weight is 335 g/mol. The first kappa shape index (κ1) is 16.3. The molecule has 6 heteroatoms. The van der Waals surface area contributed by atoms with E-state index in [4.69, 9.17) is 5.73 Å². The number of nitriles is 3. The molecule has 1 aliphatic carbocycles. The molecule has 0 fully saturated rings. The topological polar surface area (TPSA) is 101 Å². The summed E-state index contributed by atoms with van der Waals surface area (Å²) in [6.07, 6.45) is 2.03. The number of likely N-dealkylation sites (N-methyl/N-ethyl adjacent to an activating group) is 1. The van der Waals surface area contributed by atoms with Crippen molar-refractivity contribution in [3.05, 3.63) is 45.3 Å². The molecule has 1 aromatic heterocycles. The number of fused-ring (bicyclic) bond motifs is 1. The molecule has 1 aliphatic heterocycles. The quantitative estimate of drug-likeness (QED) is 0.895. The summed E-state index contributed by atoms with van der Waals surface area (Å²) in [6, 6.07) is 8.39. The van der Waals surface area contributed by atoms with Gasteiger partial charge >= 0.3 is 0 Å². The third-order valence-corrected chi connectivity index (χ3v) is 5.79. The van der Waals surface area contributed by atoms with Crippen molar-refractivity contribution in [1.82, 2.24) is 4.90 Å². The maximum atomic E-state index is 9.88. The van der Waals surface area contributed by atoms with E-state index in [2.05, 4.69) is 30.0 Å². The van der Waals surface area contributed by atoms with Crippen LogP contribution in [0.5, 0.6) is 0 Å². The van der Waals surface area contributed by atoms with Crippen molar-refractivity contribution in [3.63, 3.8) is 0 Å². The van der Waals surface area contributed by atoms with Crippen LogP contribution >= 0.6 is 11.3 Å². The van der Waals surface area contributed by atoms with Gasteiger partial charge in [-0.3, -0.25) is 4.90 Å². The fourth-order valence-corrected chi connectivity index (χ4v) is 4.52. The molecule has 2 aliphatic rings. The Morgan fingerprint density at radius 1 is 1.38 bits per heavy atom. The average Bonchev–Trinajstić information content (AvgIpc) is 3.14. The van der Waals surface area contributed by atoms with Crippen LogP contribution in [0.2, 0.25) is 0 Å². The highest BCUT2D eigenvalue weighted by Crippen LogP contribution is 2.54. The molecule has 24 heavy (non-hydrogen) atoms. The van der Waals surface area contributed by atoms with Crippen LogP contribution in [0.15, 0.2) is 39.7 Å². The number of rotatable bonds is 2. The maximum absolute atomic E-state index is 9.88. The molecule has 2 heterocycles. The van der Waals surface area contributed by atoms with Gasteiger partial charge in [-0.05, 0) is 34.5 Å². The molecule has 120 valence electrons. The van der Waals surface area contributed by atoms with Gasteiger partial charge < -0.3 is 5.73 Å². The summed E-state index contributed by atoms with van der Waals surface area (Å²) in [5, 5.41) is 33.3. The Kier molecular flexibility index (Phi) is 4.16. The minimum atomic E-state index is -1.51. The van der Waals surface area contributed by atoms with Crippen molar-refractivity contribution in [2.45, 2.75) is 12.8 Å². The van der Waals surface area contributed by atoms with Gasteiger partial charge in [0.25, 0.3) is 0 Å². The van der Waals surface area contributed by atoms with E-state index in [1.54, 1.807) is 0 Å². The van der Waals surface area contributed by atoms with E-state index in [0.29, 0.717) is 12.1 Å². The largest absolute Gasteiger partial charge is 0.399 e. The van der Waals surface area contributed by atoms with Crippen molar-refractivity contribution < 1.29 is 0 Å². The fraction of sp³-hybridized carbons (Fsp3) is 0.389. The number of hydrogen-bond donors (Lipinski definition) is 1. The van der Waals surface area contributed by atoms with Crippen LogP contribution in [0.3, 0.4) is 0 Å². The zero-order valence-electron chi connectivity index (χ0n) is 13.4. The zero-order valence-corrected chi connectivity index (χ0v) is 14.2. The number of nitrogens with zero attached hydrogens (tertiary/aromatic N) is 4. The molecule has 0 bridgehead atoms. The summed E-state index contributed by atoms with van der Waals surface area (Å²) in [7, 11) is 0. The van der Waals surface area contributed by atoms with Gasteiger partial charge in [-0.2, -0.15) is 27.1 Å². The first-order valence-electron chi connectivity index (χ1n) is 7.80. The molecule has 1 aromatic rings. The Balaban J connectivity index is 2.29. The molecule has 0 amide bonds. The molecule has 3 rings (SSSR count). The summed E-state index contributed by atoms with van der Waals surface area (Å²) in [5.74, 6) is -0.453. The highest BCUT2D eigenvalue weighted by molar-refractivity contribution is 7.08. The zero-order chi connectivity index (χ0) is 17.3. The third-order valence-electron chi connectivity index (χ3n) is 5.09. The second kappa shape index (κ2) is 6.13. The minimum absolute atomic E-state index is 0.0884. The van der Waals surface area contributed by atoms with Crippen LogP contribution in [0.1, 0.15) is 18.4 Å². The number of thiophene rings is 1. The predicted octanol–water partition coefficient (Wildman–Crippen LogP) is 2.49. The van der Waals surface area contributed by atoms with Crippen molar-refractivity contribution in [3.8, 4) is 18.2 Å². The first-order valence-corrected chi connectivity index (χ1v) is 8.74. The number of hydrogen-bond acceptors (Lipinski definition) is 6. The molecule has 5 nitrogen and oxygen atoms in total. The highest BCUT2D eigenvalue weighted by atomic mass is 32.1. The fourth-order valence-electron chi connectivity index (χ4n) is 3.83. The summed E-state index contributed by atoms with van der Waals surface area (Å²) >= 11 is 1.53. The van der Waals surface area contributed by atoms with E-state index in [9.17, 15) is 15.8 Å². The van der Waals surface area contributed by atoms with Gasteiger partial charge in [-0.1, -0.05) is 13.0 Å². The number of allylic oxidation sites excluding steroid dienone is 2. The molecular weight excluding hydrogens is 318 g/mol. The van der Waals surface area contributed by atoms with Gasteiger partial charge in [0, 0.05) is 24.9 Å². The van der Waals surface area contributed by atoms with Gasteiger partial charge in [-0.15, -0.1) is 0 Å². The standard InChI is InChI=1S/C18H17N5S/c1-2-23-5-3-13-14(7-19)17(22)18(10-20,11-21)16(15(13)8-23)12-4-6-24-9-12/h3-4,6,9,15-16H,2,5,8,22H2,1H3/t15-,16+/m0/s1. The van der Waals surface area contributed by atoms with E-state index in [1.807, 2.05) is 22.9 Å². The maximum Gasteiger partial charge on any atom is 0.191 e. The Hall–Kier alpha value is -2.59. The lowest BCUT2D eigenvalue weighted by Gasteiger charge is -2.45. The lowest BCUT2D eigenvalue weighted by atomic mass is 9.58. The van der Waals surface area contributed by atoms with E-state index in [1.165, 1.54) is 11.3 Å². The molecule has 0 unspecified atom stereocenters. The van der Waals surface area contributed by atoms with Crippen LogP contribution < -0.4 is 5.73 Å². The second-order valence-electron chi connectivity index (χ2n) is 6.08. The molecule has 0 saturated carbocycles. The molecule has 0 aromatic carbocycles. The van der Waals surface area contributed by atoms with Gasteiger partial charge in [0.2, 0.25) is 0 Å². The Morgan fingerprint density at radius 3 is 2.67 bits per heavy atom. The smallest absolute Gasteiger partial charge is 0.191 e. The van der Waals surface area contributed by atoms with Gasteiger partial charge in [-0.25, -0.2) is 0 Å². The van der Waals surface area contributed by atoms with Crippen LogP contribution in [-0.4, -0.2) is 24.5 Å². The Morgan fingerprint density at radius 2 is 2.12 bits per heavy atom. The van der Waals surface area contributed by atoms with Crippen LogP contribution in [0, 0.1) is 45.3 Å². The minimum Gasteiger partial charge on any atom is -0.399 e. The summed E-state index contributed by atoms with van der Waals surface area (Å²) in [4.78, 5) is 2.25. The normalized spacial score (nSPS) is 25.8. The van der Waals surface area contributed by atoms with Gasteiger partial charge in [0.1, 0.15) is 6.07 Å². The Bertz CT molecular complexity index is 814. The van der Waals surface area contributed by atoms with E-state index in [0.717, 1.165) is 24.2 Å². The van der Waals surface area contributed by atoms with E-state index < -0.39 is 5.41 Å². The third kappa shape index (κ3) is 2.14. The second-order valence-corrected chi connectivity index (χ2v) is 6.86. The lowest BCUT2D eigenvalue weighted by Crippen LogP contribution is -2.47. The van der Waals surface area contributed by atoms with Crippen molar-refractivity contribution >= 4 is 11.3 Å². The summed E-state index contributed by atoms with van der Waals surface area (Å²) in [6.45, 7) is 4.43. The predicted molar refractivity (Wildman–Crippen MR) is 91.2 cm³/mol. The van der Waals surface area contributed by atoms with Crippen molar-refractivity contribution in [2.24, 2.45) is 17.1 Å². The summed E-state index contributed by atoms with van der Waals surface area (Å²) in [5.41, 5.74) is 6.95. The molecule has 2 N–H and O–H groups in total. The molecule has 0 saturated heterocycles. The van der Waals surface area contributed by atoms with E-state index in [-0.39, 0.29) is 17.5 Å². The Labute approximate surface area is 145 Å². The van der Waals surface area contributed by atoms with Gasteiger partial charge in [0.05, 0.1) is 23.4 Å². The van der Waals surface area contributed by atoms with Gasteiger partial charge in [0.15, 0.2) is 5.41 Å². The SMILES string of the molecule is CCN1CC=C2C(C#N)=C(N)C(C#N)(C#N)[C@H](c3ccsc3)[C@H]2C1. The highest BCUT2D eigenvalue weighted by Gasteiger charge is 2.54. The number of nitrogens with two attached hydrogens (primary N) is 1. The van der Waals surface area contributed by atoms with Crippen LogP contribution in [0.25, 0.3) is 0 Å². The first-order chi connectivity index (χ1) is 11.6. The molecule has 0 spiro atoms. The molecular formula is C18H17N5S. The molecule has 2 atom stereocenters. The lowest BCUT2D eigenvalue weighted by molar-refractivity contribution is 0.215. The van der Waals surface area contributed by atoms with E-state index >= 15 is 0 Å². The van der Waals surface area contributed by atoms with Crippen molar-refractivity contribution in [1.29, 1.82) is 15.8 Å². The summed E-state index contributed by atoms with van der Waals surface area (Å²) < 4.78 is 0.